The van der Waals surface area contributed by atoms with Crippen LogP contribution >= 0.6 is 11.8 Å². The number of hydrogen-bond acceptors (Lipinski definition) is 7. The van der Waals surface area contributed by atoms with Crippen LogP contribution in [0.4, 0.5) is 11.4 Å². The Kier molecular flexibility index (Phi) is 5.71. The van der Waals surface area contributed by atoms with Gasteiger partial charge in [0, 0.05) is 49.2 Å². The summed E-state index contributed by atoms with van der Waals surface area (Å²) in [5.41, 5.74) is 0.974. The molecule has 0 aliphatic carbocycles. The number of rotatable bonds is 5. The Morgan fingerprint density at radius 1 is 1.19 bits per heavy atom. The smallest absolute Gasteiger partial charge is 0.269 e. The van der Waals surface area contributed by atoms with Crippen LogP contribution in [0.2, 0.25) is 0 Å². The van der Waals surface area contributed by atoms with E-state index in [1.165, 1.54) is 23.9 Å². The molecule has 3 rings (SSSR count). The van der Waals surface area contributed by atoms with Gasteiger partial charge in [-0.05, 0) is 18.6 Å². The summed E-state index contributed by atoms with van der Waals surface area (Å²) in [5.74, 6) is 0.770. The molecule has 8 nitrogen and oxygen atoms in total. The Balaban J connectivity index is 1.45. The first kappa shape index (κ1) is 19.0. The number of nitrogens with zero attached hydrogens (tertiary/aromatic N) is 3. The molecule has 10 heteroatoms. The molecule has 0 bridgehead atoms. The average molecular weight is 399 g/mol. The number of thioether (sulfide) groups is 1. The van der Waals surface area contributed by atoms with Gasteiger partial charge in [0.25, 0.3) is 5.69 Å². The Hall–Kier alpha value is -1.81. The fourth-order valence-electron chi connectivity index (χ4n) is 3.17. The van der Waals surface area contributed by atoms with Crippen molar-refractivity contribution in [2.75, 3.05) is 48.3 Å². The van der Waals surface area contributed by atoms with Gasteiger partial charge in [-0.3, -0.25) is 14.9 Å². The lowest BCUT2D eigenvalue weighted by atomic mass is 10.2. The van der Waals surface area contributed by atoms with E-state index in [1.807, 2.05) is 0 Å². The second kappa shape index (κ2) is 7.83. The van der Waals surface area contributed by atoms with Gasteiger partial charge in [0.15, 0.2) is 9.84 Å². The van der Waals surface area contributed by atoms with Gasteiger partial charge >= 0.3 is 0 Å². The van der Waals surface area contributed by atoms with Gasteiger partial charge in [-0.25, -0.2) is 8.42 Å². The lowest BCUT2D eigenvalue weighted by Crippen LogP contribution is -2.49. The monoisotopic (exact) mass is 399 g/mol. The molecular formula is C16H21N3O5S2. The van der Waals surface area contributed by atoms with Crippen molar-refractivity contribution in [1.82, 2.24) is 4.90 Å². The van der Waals surface area contributed by atoms with Crippen LogP contribution in [-0.2, 0) is 14.6 Å². The van der Waals surface area contributed by atoms with Crippen molar-refractivity contribution in [3.8, 4) is 0 Å². The number of non-ortho nitro benzene ring substituents is 1. The minimum Gasteiger partial charge on any atom is -0.368 e. The molecule has 1 atom stereocenters. The fourth-order valence-corrected chi connectivity index (χ4v) is 6.72. The molecule has 2 aliphatic heterocycles. The summed E-state index contributed by atoms with van der Waals surface area (Å²) >= 11 is 1.44. The second-order valence-electron chi connectivity index (χ2n) is 6.48. The summed E-state index contributed by atoms with van der Waals surface area (Å²) in [6.45, 7) is 2.54. The van der Waals surface area contributed by atoms with Crippen LogP contribution in [-0.4, -0.2) is 72.8 Å². The zero-order valence-corrected chi connectivity index (χ0v) is 15.9. The number of sulfone groups is 1. The molecule has 2 heterocycles. The number of hydrogen-bond donors (Lipinski definition) is 0. The van der Waals surface area contributed by atoms with Crippen LogP contribution < -0.4 is 4.90 Å². The summed E-state index contributed by atoms with van der Waals surface area (Å²) in [6.07, 6.45) is 0.633. The predicted molar refractivity (Wildman–Crippen MR) is 101 cm³/mol. The lowest BCUT2D eigenvalue weighted by molar-refractivity contribution is -0.384. The van der Waals surface area contributed by atoms with Gasteiger partial charge < -0.3 is 9.80 Å². The van der Waals surface area contributed by atoms with Crippen LogP contribution in [0.5, 0.6) is 0 Å². The molecule has 1 amide bonds. The number of nitro groups is 1. The van der Waals surface area contributed by atoms with Crippen molar-refractivity contribution < 1.29 is 18.1 Å². The average Bonchev–Trinajstić information content (AvgIpc) is 2.99. The van der Waals surface area contributed by atoms with Gasteiger partial charge in [-0.1, -0.05) is 0 Å². The van der Waals surface area contributed by atoms with Crippen LogP contribution in [0.15, 0.2) is 24.3 Å². The largest absolute Gasteiger partial charge is 0.368 e. The highest BCUT2D eigenvalue weighted by Crippen LogP contribution is 2.25. The van der Waals surface area contributed by atoms with Crippen molar-refractivity contribution in [3.05, 3.63) is 34.4 Å². The van der Waals surface area contributed by atoms with Crippen molar-refractivity contribution in [1.29, 1.82) is 0 Å². The first-order chi connectivity index (χ1) is 12.3. The highest BCUT2D eigenvalue weighted by Gasteiger charge is 2.29. The van der Waals surface area contributed by atoms with Crippen molar-refractivity contribution >= 4 is 38.9 Å². The summed E-state index contributed by atoms with van der Waals surface area (Å²) in [6, 6.07) is 6.43. The lowest BCUT2D eigenvalue weighted by Gasteiger charge is -2.36. The van der Waals surface area contributed by atoms with Crippen LogP contribution in [0.3, 0.4) is 0 Å². The molecule has 0 aromatic heterocycles. The van der Waals surface area contributed by atoms with E-state index < -0.39 is 14.8 Å². The first-order valence-electron chi connectivity index (χ1n) is 8.43. The quantitative estimate of drug-likeness (QED) is 0.541. The predicted octanol–water partition coefficient (Wildman–Crippen LogP) is 1.16. The highest BCUT2D eigenvalue weighted by molar-refractivity contribution is 8.02. The van der Waals surface area contributed by atoms with Gasteiger partial charge in [0.2, 0.25) is 5.91 Å². The van der Waals surface area contributed by atoms with Crippen molar-refractivity contribution in [3.63, 3.8) is 0 Å². The Bertz CT molecular complexity index is 774. The zero-order valence-electron chi connectivity index (χ0n) is 14.2. The summed E-state index contributed by atoms with van der Waals surface area (Å²) in [7, 11) is -2.91. The minimum absolute atomic E-state index is 0.0327. The van der Waals surface area contributed by atoms with E-state index in [0.717, 1.165) is 5.69 Å². The van der Waals surface area contributed by atoms with Crippen LogP contribution in [0.1, 0.15) is 6.42 Å². The van der Waals surface area contributed by atoms with Crippen molar-refractivity contribution in [2.24, 2.45) is 0 Å². The molecular weight excluding hydrogens is 378 g/mol. The fraction of sp³-hybridized carbons (Fsp3) is 0.562. The molecule has 1 aromatic rings. The standard InChI is InChI=1S/C16H21N3O5S2/c20-16(11-25-15-5-10-26(23,24)12-15)18-8-6-17(7-9-18)13-1-3-14(4-2-13)19(21)22/h1-4,15H,5-12H2/t15-/m0/s1. The molecule has 2 saturated heterocycles. The van der Waals surface area contributed by atoms with E-state index in [4.69, 9.17) is 0 Å². The van der Waals surface area contributed by atoms with E-state index in [0.29, 0.717) is 38.4 Å². The van der Waals surface area contributed by atoms with Gasteiger partial charge in [0.05, 0.1) is 22.2 Å². The normalized spacial score (nSPS) is 22.4. The summed E-state index contributed by atoms with van der Waals surface area (Å²) < 4.78 is 22.9. The maximum absolute atomic E-state index is 12.3. The molecule has 0 unspecified atom stereocenters. The second-order valence-corrected chi connectivity index (χ2v) is 9.99. The minimum atomic E-state index is -2.91. The summed E-state index contributed by atoms with van der Waals surface area (Å²) in [5, 5.41) is 10.7. The molecule has 0 spiro atoms. The molecule has 0 saturated carbocycles. The third-order valence-corrected chi connectivity index (χ3v) is 7.96. The Morgan fingerprint density at radius 2 is 1.85 bits per heavy atom. The molecule has 142 valence electrons. The third kappa shape index (κ3) is 4.67. The zero-order chi connectivity index (χ0) is 18.7. The molecule has 0 N–H and O–H groups in total. The summed E-state index contributed by atoms with van der Waals surface area (Å²) in [4.78, 5) is 26.5. The number of amides is 1. The SMILES string of the molecule is O=C(CS[C@H]1CCS(=O)(=O)C1)N1CCN(c2ccc([N+](=O)[O-])cc2)CC1. The topological polar surface area (TPSA) is 101 Å². The Labute approximate surface area is 156 Å². The number of nitro benzene ring substituents is 1. The van der Waals surface area contributed by atoms with Gasteiger partial charge in [0.1, 0.15) is 0 Å². The van der Waals surface area contributed by atoms with Crippen LogP contribution in [0, 0.1) is 10.1 Å². The molecule has 2 fully saturated rings. The van der Waals surface area contributed by atoms with Crippen LogP contribution in [0.25, 0.3) is 0 Å². The number of anilines is 1. The van der Waals surface area contributed by atoms with E-state index >= 15 is 0 Å². The molecule has 26 heavy (non-hydrogen) atoms. The van der Waals surface area contributed by atoms with E-state index in [1.54, 1.807) is 17.0 Å². The number of carbonyl (C=O) groups excluding carboxylic acids is 1. The van der Waals surface area contributed by atoms with E-state index in [2.05, 4.69) is 4.90 Å². The molecule has 1 aromatic carbocycles. The number of piperazine rings is 1. The van der Waals surface area contributed by atoms with E-state index in [-0.39, 0.29) is 28.4 Å². The highest BCUT2D eigenvalue weighted by atomic mass is 32.2. The van der Waals surface area contributed by atoms with Crippen molar-refractivity contribution in [2.45, 2.75) is 11.7 Å². The van der Waals surface area contributed by atoms with E-state index in [9.17, 15) is 23.3 Å². The third-order valence-electron chi connectivity index (χ3n) is 4.69. The van der Waals surface area contributed by atoms with Gasteiger partial charge in [-0.2, -0.15) is 0 Å². The first-order valence-corrected chi connectivity index (χ1v) is 11.3. The number of carbonyl (C=O) groups is 1. The maximum Gasteiger partial charge on any atom is 0.269 e. The maximum atomic E-state index is 12.3. The molecule has 2 aliphatic rings. The Morgan fingerprint density at radius 3 is 2.38 bits per heavy atom. The van der Waals surface area contributed by atoms with Gasteiger partial charge in [-0.15, -0.1) is 11.8 Å². The number of benzene rings is 1. The molecule has 0 radical (unpaired) electrons.